The molecule has 2 unspecified atom stereocenters. The van der Waals surface area contributed by atoms with Gasteiger partial charge in [-0.25, -0.2) is 28.0 Å². The van der Waals surface area contributed by atoms with Crippen molar-refractivity contribution in [2.24, 2.45) is 0 Å². The number of nitrogens with zero attached hydrogens (tertiary/aromatic N) is 10. The molecular formula is C97H83F11N12O8. The van der Waals surface area contributed by atoms with Gasteiger partial charge in [0.1, 0.15) is 0 Å². The first-order valence-corrected chi connectivity index (χ1v) is 41.5. The molecule has 0 aromatic heterocycles. The van der Waals surface area contributed by atoms with Gasteiger partial charge in [-0.15, -0.1) is 0 Å². The van der Waals surface area contributed by atoms with E-state index in [9.17, 15) is 86.7 Å². The number of carbonyl (C=O) groups excluding carboxylic acids is 8. The lowest BCUT2D eigenvalue weighted by Gasteiger charge is -2.45. The molecule has 8 aliphatic rings. The second-order valence-corrected chi connectivity index (χ2v) is 31.6. The van der Waals surface area contributed by atoms with Gasteiger partial charge in [-0.05, 0) is 227 Å². The highest BCUT2D eigenvalue weighted by Gasteiger charge is 2.49. The first-order chi connectivity index (χ1) is 61.1. The number of rotatable bonds is 14. The van der Waals surface area contributed by atoms with Gasteiger partial charge in [0.25, 0.3) is 6.43 Å². The maximum atomic E-state index is 13.8. The van der Waals surface area contributed by atoms with Crippen molar-refractivity contribution >= 4 is 70.0 Å². The van der Waals surface area contributed by atoms with Gasteiger partial charge in [0.2, 0.25) is 0 Å². The third-order valence-electron chi connectivity index (χ3n) is 23.4. The summed E-state index contributed by atoms with van der Waals surface area (Å²) in [5.74, 6) is -0.440. The van der Waals surface area contributed by atoms with Gasteiger partial charge in [-0.3, -0.25) is 38.8 Å². The van der Waals surface area contributed by atoms with E-state index in [1.54, 1.807) is 108 Å². The molecule has 8 amide bonds. The Balaban J connectivity index is 0.000000146. The SMILES string of the molecule is CCCCN1C(=O)N(c2cccc(C(F)(F)F)c2)C2=C(C(=O)CCC2)C1c1ccc(C#N)cc1.CCCN1C(=O)N(c2cccc(C(F)(F)F)c2)C2=C(C(=O)CCC2)C1c1ccc(C#N)cc1.Cc1cc(C#N)ccc1[C@H]1NC(=O)N(c2cccc(C(F)(F)F)c2)C2=C1C(=O)CCC2.Cc1cc(C#N)ccc1[C@H]1NC(=O)N(c2cccc(C(F)F)c2)C2=C1C(=O)CCC2. The van der Waals surface area contributed by atoms with E-state index in [1.165, 1.54) is 74.2 Å². The highest BCUT2D eigenvalue weighted by atomic mass is 19.4. The van der Waals surface area contributed by atoms with Crippen LogP contribution in [0.4, 0.5) is 90.2 Å². The largest absolute Gasteiger partial charge is 0.416 e. The van der Waals surface area contributed by atoms with Crippen LogP contribution in [0.3, 0.4) is 0 Å². The Kier molecular flexibility index (Phi) is 27.3. The van der Waals surface area contributed by atoms with Gasteiger partial charge >= 0.3 is 42.7 Å². The van der Waals surface area contributed by atoms with Crippen LogP contribution in [0.25, 0.3) is 0 Å². The summed E-state index contributed by atoms with van der Waals surface area (Å²) in [5.41, 5.74) is 7.67. The normalized spacial score (nSPS) is 18.9. The van der Waals surface area contributed by atoms with E-state index in [4.69, 9.17) is 21.0 Å². The lowest BCUT2D eigenvalue weighted by molar-refractivity contribution is -0.138. The zero-order chi connectivity index (χ0) is 92.0. The van der Waals surface area contributed by atoms with Crippen molar-refractivity contribution in [1.29, 1.82) is 21.0 Å². The predicted molar refractivity (Wildman–Crippen MR) is 451 cm³/mol. The molecule has 128 heavy (non-hydrogen) atoms. The third-order valence-corrected chi connectivity index (χ3v) is 23.4. The van der Waals surface area contributed by atoms with E-state index in [0.717, 1.165) is 59.5 Å². The minimum absolute atomic E-state index is 0.0597. The average molecular weight is 1750 g/mol. The van der Waals surface area contributed by atoms with Crippen LogP contribution in [0.1, 0.15) is 219 Å². The molecule has 4 heterocycles. The fourth-order valence-electron chi connectivity index (χ4n) is 17.5. The number of unbranched alkanes of at least 4 members (excludes halogenated alkanes) is 1. The number of aryl methyl sites for hydroxylation is 2. The maximum Gasteiger partial charge on any atom is 0.416 e. The number of nitrogens with one attached hydrogen (secondary N) is 2. The predicted octanol–water partition coefficient (Wildman–Crippen LogP) is 22.6. The molecule has 2 N–H and O–H groups in total. The molecule has 16 rings (SSSR count). The van der Waals surface area contributed by atoms with Crippen LogP contribution in [0.5, 0.6) is 0 Å². The van der Waals surface area contributed by atoms with Gasteiger partial charge in [-0.1, -0.05) is 87.0 Å². The zero-order valence-electron chi connectivity index (χ0n) is 69.6. The highest BCUT2D eigenvalue weighted by Crippen LogP contribution is 2.50. The van der Waals surface area contributed by atoms with Crippen LogP contribution < -0.4 is 30.2 Å². The van der Waals surface area contributed by atoms with Crippen molar-refractivity contribution in [2.75, 3.05) is 32.7 Å². The number of nitriles is 4. The van der Waals surface area contributed by atoms with E-state index < -0.39 is 89.9 Å². The van der Waals surface area contributed by atoms with Crippen LogP contribution in [0.15, 0.2) is 227 Å². The fourth-order valence-corrected chi connectivity index (χ4v) is 17.5. The Morgan fingerprint density at radius 2 is 0.695 bits per heavy atom. The summed E-state index contributed by atoms with van der Waals surface area (Å²) in [5, 5.41) is 42.2. The molecule has 0 fully saturated rings. The molecule has 8 aromatic carbocycles. The second-order valence-electron chi connectivity index (χ2n) is 31.6. The summed E-state index contributed by atoms with van der Waals surface area (Å²) in [6, 6.07) is 46.7. The van der Waals surface area contributed by atoms with E-state index in [1.807, 2.05) is 20.8 Å². The number of hydrogen-bond acceptors (Lipinski definition) is 12. The fraction of sp³-hybridized carbons (Fsp3) is 0.299. The third kappa shape index (κ3) is 18.9. The number of alkyl halides is 11. The Labute approximate surface area is 729 Å². The number of benzene rings is 8. The molecule has 0 radical (unpaired) electrons. The average Bonchev–Trinajstić information content (AvgIpc) is 0.744. The van der Waals surface area contributed by atoms with E-state index in [-0.39, 0.29) is 45.8 Å². The zero-order valence-corrected chi connectivity index (χ0v) is 69.6. The van der Waals surface area contributed by atoms with E-state index in [0.29, 0.717) is 193 Å². The summed E-state index contributed by atoms with van der Waals surface area (Å²) >= 11 is 0. The summed E-state index contributed by atoms with van der Waals surface area (Å²) < 4.78 is 146. The molecule has 0 bridgehead atoms. The maximum absolute atomic E-state index is 13.8. The van der Waals surface area contributed by atoms with Gasteiger partial charge < -0.3 is 20.4 Å². The molecule has 656 valence electrons. The number of halogens is 11. The number of anilines is 4. The molecule has 20 nitrogen and oxygen atoms in total. The molecule has 0 saturated carbocycles. The summed E-state index contributed by atoms with van der Waals surface area (Å²) in [7, 11) is 0. The molecule has 0 saturated heterocycles. The molecule has 31 heteroatoms. The topological polar surface area (TPSA) is 275 Å². The van der Waals surface area contributed by atoms with Crippen LogP contribution >= 0.6 is 0 Å². The second kappa shape index (κ2) is 38.2. The molecular weight excluding hydrogens is 1670 g/mol. The van der Waals surface area contributed by atoms with Crippen molar-refractivity contribution in [3.05, 3.63) is 305 Å². The van der Waals surface area contributed by atoms with Crippen molar-refractivity contribution < 1.29 is 86.7 Å². The van der Waals surface area contributed by atoms with E-state index >= 15 is 0 Å². The van der Waals surface area contributed by atoms with Gasteiger partial charge in [-0.2, -0.15) is 60.6 Å². The molecule has 8 aromatic rings. The van der Waals surface area contributed by atoms with Crippen molar-refractivity contribution in [3.63, 3.8) is 0 Å². The van der Waals surface area contributed by atoms with Crippen LogP contribution in [-0.4, -0.2) is 70.1 Å². The number of Topliss-reactive ketones (excluding diaryl/α,β-unsaturated/α-hetero) is 4. The first-order valence-electron chi connectivity index (χ1n) is 41.5. The lowest BCUT2D eigenvalue weighted by atomic mass is 9.83. The quantitative estimate of drug-likeness (QED) is 0.0962. The molecule has 4 atom stereocenters. The Bertz CT molecular complexity index is 6080. The standard InChI is InChI=1S/C26H24F3N3O2.C25H22F3N3O2.C23H18F3N3O2.C23H19F2N3O2/c1-2-3-14-31-24(18-12-10-17(16-30)11-13-18)23-21(8-5-9-22(23)33)32(25(31)34)20-7-4-6-19(15-20)26(27,28)29;1-2-13-30-23(17-11-9-16(15-29)10-12-17)22-20(7-4-8-21(22)32)31(24(30)33)19-6-3-5-18(14-19)25(26,27)28;1-13-10-14(12-27)8-9-17(13)21-20-18(6-3-7-19(20)30)29(22(31)28-21)16-5-2-4-15(11-16)23(24,25)26;1-13-10-14(12-26)8-9-17(13)21-20-18(6-3-7-19(20)29)28(23(30)27-21)16-5-2-4-15(11-16)22(24)25/h4,6-7,10-13,15,24H,2-3,5,8-9,14H2,1H3;3,5-6,9-12,14,23H,2,4,7-8,13H2,1H3;2,4-5,8-11,21H,3,6-7H2,1H3,(H,28,31);2,4-5,8-11,21-22H,3,6-7H2,1H3,(H,27,30)/t;;2*21-/m..11/s1. The Hall–Kier alpha value is -14.3. The van der Waals surface area contributed by atoms with Crippen molar-refractivity contribution in [2.45, 2.75) is 173 Å². The van der Waals surface area contributed by atoms with Crippen LogP contribution in [0, 0.1) is 59.2 Å². The summed E-state index contributed by atoms with van der Waals surface area (Å²) in [6.45, 7) is 8.16. The summed E-state index contributed by atoms with van der Waals surface area (Å²) in [4.78, 5) is 114. The minimum atomic E-state index is -4.55. The number of urea groups is 4. The number of amides is 8. The van der Waals surface area contributed by atoms with Crippen LogP contribution in [-0.2, 0) is 37.7 Å². The monoisotopic (exact) mass is 1750 g/mol. The molecule has 0 spiro atoms. The van der Waals surface area contributed by atoms with Crippen molar-refractivity contribution in [3.8, 4) is 24.3 Å². The first kappa shape index (κ1) is 91.4. The number of carbonyl (C=O) groups is 8. The van der Waals surface area contributed by atoms with Crippen molar-refractivity contribution in [1.82, 2.24) is 20.4 Å². The number of ketones is 4. The smallest absolute Gasteiger partial charge is 0.326 e. The minimum Gasteiger partial charge on any atom is -0.326 e. The van der Waals surface area contributed by atoms with E-state index in [2.05, 4.69) is 34.9 Å². The number of hydrogen-bond donors (Lipinski definition) is 2. The van der Waals surface area contributed by atoms with Gasteiger partial charge in [0, 0.05) is 89.4 Å². The molecule has 4 aliphatic heterocycles. The molecule has 4 aliphatic carbocycles. The van der Waals surface area contributed by atoms with Gasteiger partial charge in [0.15, 0.2) is 23.1 Å². The van der Waals surface area contributed by atoms with Gasteiger partial charge in [0.05, 0.1) is 110 Å². The lowest BCUT2D eigenvalue weighted by Crippen LogP contribution is -2.52. The summed E-state index contributed by atoms with van der Waals surface area (Å²) in [6.07, 6.45) is -9.07. The Morgan fingerprint density at radius 1 is 0.375 bits per heavy atom. The Morgan fingerprint density at radius 3 is 1.02 bits per heavy atom. The van der Waals surface area contributed by atoms with Crippen LogP contribution in [0.2, 0.25) is 0 Å². The highest BCUT2D eigenvalue weighted by molar-refractivity contribution is 6.10. The number of allylic oxidation sites excluding steroid dienone is 4.